The molecule has 190 valence electrons. The number of nitrogens with zero attached hydrogens (tertiary/aromatic N) is 4. The van der Waals surface area contributed by atoms with Gasteiger partial charge in [0.05, 0.1) is 12.5 Å². The predicted molar refractivity (Wildman–Crippen MR) is 99.4 cm³/mol. The molecule has 0 aromatic carbocycles. The van der Waals surface area contributed by atoms with E-state index in [4.69, 9.17) is 19.8 Å². The summed E-state index contributed by atoms with van der Waals surface area (Å²) in [6.45, 7) is 2.50. The Morgan fingerprint density at radius 1 is 1.03 bits per heavy atom. The predicted octanol–water partition coefficient (Wildman–Crippen LogP) is 1.29. The SMILES string of the molecule is Cn1cc(CN2CC[C@H]3[C@H]2CCN3S(C)(=O)=O)cn1.O=C(O)C(F)(F)F.O=C(O)C(F)(F)F. The topological polar surface area (TPSA) is 133 Å². The zero-order chi connectivity index (χ0) is 25.8. The second-order valence-electron chi connectivity index (χ2n) is 7.18. The highest BCUT2D eigenvalue weighted by molar-refractivity contribution is 7.88. The van der Waals surface area contributed by atoms with E-state index in [0.29, 0.717) is 12.6 Å². The summed E-state index contributed by atoms with van der Waals surface area (Å²) in [6.07, 6.45) is -3.05. The molecule has 0 aliphatic carbocycles. The van der Waals surface area contributed by atoms with Gasteiger partial charge in [0, 0.05) is 50.5 Å². The fourth-order valence-corrected chi connectivity index (χ4v) is 4.61. The maximum absolute atomic E-state index is 11.7. The van der Waals surface area contributed by atoms with Crippen molar-refractivity contribution in [2.24, 2.45) is 7.05 Å². The van der Waals surface area contributed by atoms with Crippen LogP contribution in [0.5, 0.6) is 0 Å². The third-order valence-electron chi connectivity index (χ3n) is 4.70. The normalized spacial score (nSPS) is 21.5. The highest BCUT2D eigenvalue weighted by atomic mass is 32.2. The molecule has 17 heteroatoms. The molecule has 33 heavy (non-hydrogen) atoms. The molecule has 1 aromatic rings. The number of fused-ring (bicyclic) bond motifs is 1. The zero-order valence-corrected chi connectivity index (χ0v) is 18.2. The number of rotatable bonds is 3. The second-order valence-corrected chi connectivity index (χ2v) is 9.12. The van der Waals surface area contributed by atoms with Crippen LogP contribution in [0.1, 0.15) is 18.4 Å². The molecule has 0 radical (unpaired) electrons. The van der Waals surface area contributed by atoms with Crippen molar-refractivity contribution in [3.05, 3.63) is 18.0 Å². The Balaban J connectivity index is 0.000000324. The van der Waals surface area contributed by atoms with Gasteiger partial charge in [0.15, 0.2) is 0 Å². The minimum absolute atomic E-state index is 0.173. The Kier molecular flexibility index (Phi) is 9.27. The van der Waals surface area contributed by atoms with Crippen LogP contribution in [-0.4, -0.2) is 93.3 Å². The van der Waals surface area contributed by atoms with Gasteiger partial charge < -0.3 is 10.2 Å². The molecule has 2 atom stereocenters. The number of aliphatic carboxylic acids is 2. The fourth-order valence-electron chi connectivity index (χ4n) is 3.43. The van der Waals surface area contributed by atoms with Crippen LogP contribution in [0, 0.1) is 0 Å². The number of carbonyl (C=O) groups is 2. The summed E-state index contributed by atoms with van der Waals surface area (Å²) in [4.78, 5) is 20.2. The van der Waals surface area contributed by atoms with E-state index >= 15 is 0 Å². The Morgan fingerprint density at radius 2 is 1.48 bits per heavy atom. The van der Waals surface area contributed by atoms with Crippen molar-refractivity contribution < 1.29 is 54.6 Å². The van der Waals surface area contributed by atoms with E-state index in [2.05, 4.69) is 10.00 Å². The van der Waals surface area contributed by atoms with Crippen LogP contribution in [0.3, 0.4) is 0 Å². The summed E-state index contributed by atoms with van der Waals surface area (Å²) in [5.74, 6) is -5.51. The minimum Gasteiger partial charge on any atom is -0.475 e. The maximum atomic E-state index is 11.7. The third kappa shape index (κ3) is 8.81. The average Bonchev–Trinajstić information content (AvgIpc) is 3.31. The summed E-state index contributed by atoms with van der Waals surface area (Å²) in [6, 6.07) is 0.543. The Bertz CT molecular complexity index is 909. The molecular formula is C16H22F6N4O6S. The minimum atomic E-state index is -5.08. The molecule has 3 rings (SSSR count). The van der Waals surface area contributed by atoms with Gasteiger partial charge in [-0.2, -0.15) is 35.7 Å². The van der Waals surface area contributed by atoms with E-state index in [1.807, 2.05) is 19.4 Å². The van der Waals surface area contributed by atoms with Gasteiger partial charge in [0.2, 0.25) is 10.0 Å². The zero-order valence-electron chi connectivity index (χ0n) is 17.3. The monoisotopic (exact) mass is 512 g/mol. The van der Waals surface area contributed by atoms with Crippen LogP contribution in [0.25, 0.3) is 0 Å². The summed E-state index contributed by atoms with van der Waals surface area (Å²) < 4.78 is 90.4. The number of aromatic nitrogens is 2. The highest BCUT2D eigenvalue weighted by Gasteiger charge is 2.45. The number of hydrogen-bond acceptors (Lipinski definition) is 6. The Labute approximate surface area is 184 Å². The summed E-state index contributed by atoms with van der Waals surface area (Å²) in [5, 5.41) is 18.4. The first-order valence-corrected chi connectivity index (χ1v) is 11.0. The lowest BCUT2D eigenvalue weighted by atomic mass is 10.1. The summed E-state index contributed by atoms with van der Waals surface area (Å²) >= 11 is 0. The molecule has 0 bridgehead atoms. The van der Waals surface area contributed by atoms with Crippen molar-refractivity contribution in [3.63, 3.8) is 0 Å². The lowest BCUT2D eigenvalue weighted by Gasteiger charge is -2.24. The largest absolute Gasteiger partial charge is 0.490 e. The highest BCUT2D eigenvalue weighted by Crippen LogP contribution is 2.33. The first kappa shape index (κ1) is 28.6. The van der Waals surface area contributed by atoms with Crippen molar-refractivity contribution in [1.29, 1.82) is 0 Å². The molecule has 3 heterocycles. The first-order valence-electron chi connectivity index (χ1n) is 9.12. The van der Waals surface area contributed by atoms with Crippen molar-refractivity contribution in [2.75, 3.05) is 19.3 Å². The van der Waals surface area contributed by atoms with Crippen molar-refractivity contribution in [2.45, 2.75) is 43.8 Å². The van der Waals surface area contributed by atoms with Gasteiger partial charge in [0.1, 0.15) is 0 Å². The molecule has 2 N–H and O–H groups in total. The van der Waals surface area contributed by atoms with Crippen molar-refractivity contribution >= 4 is 22.0 Å². The Hall–Kier alpha value is -2.40. The molecule has 2 aliphatic heterocycles. The molecule has 0 unspecified atom stereocenters. The van der Waals surface area contributed by atoms with Crippen LogP contribution in [0.15, 0.2) is 12.4 Å². The van der Waals surface area contributed by atoms with Crippen LogP contribution in [0.4, 0.5) is 26.3 Å². The van der Waals surface area contributed by atoms with Crippen LogP contribution in [-0.2, 0) is 33.2 Å². The third-order valence-corrected chi connectivity index (χ3v) is 6.00. The molecule has 0 spiro atoms. The number of halogens is 6. The number of aryl methyl sites for hydroxylation is 1. The van der Waals surface area contributed by atoms with Crippen LogP contribution in [0.2, 0.25) is 0 Å². The molecule has 0 saturated carbocycles. The second kappa shape index (κ2) is 10.7. The van der Waals surface area contributed by atoms with Crippen LogP contribution < -0.4 is 0 Å². The molecule has 2 aliphatic rings. The molecule has 10 nitrogen and oxygen atoms in total. The van der Waals surface area contributed by atoms with E-state index in [-0.39, 0.29) is 6.04 Å². The fraction of sp³-hybridized carbons (Fsp3) is 0.688. The van der Waals surface area contributed by atoms with Gasteiger partial charge in [-0.05, 0) is 12.8 Å². The van der Waals surface area contributed by atoms with Gasteiger partial charge in [-0.1, -0.05) is 0 Å². The maximum Gasteiger partial charge on any atom is 0.490 e. The van der Waals surface area contributed by atoms with Gasteiger partial charge in [-0.25, -0.2) is 18.0 Å². The van der Waals surface area contributed by atoms with E-state index in [1.54, 1.807) is 8.99 Å². The van der Waals surface area contributed by atoms with Gasteiger partial charge in [-0.15, -0.1) is 0 Å². The van der Waals surface area contributed by atoms with E-state index in [0.717, 1.165) is 25.9 Å². The smallest absolute Gasteiger partial charge is 0.475 e. The average molecular weight is 512 g/mol. The molecule has 2 saturated heterocycles. The number of sulfonamides is 1. The number of hydrogen-bond donors (Lipinski definition) is 2. The lowest BCUT2D eigenvalue weighted by molar-refractivity contribution is -0.193. The summed E-state index contributed by atoms with van der Waals surface area (Å²) in [5.41, 5.74) is 1.20. The molecule has 2 fully saturated rings. The number of carboxylic acids is 2. The van der Waals surface area contributed by atoms with Gasteiger partial charge >= 0.3 is 24.3 Å². The van der Waals surface area contributed by atoms with E-state index in [1.165, 1.54) is 11.8 Å². The van der Waals surface area contributed by atoms with Gasteiger partial charge in [0.25, 0.3) is 0 Å². The number of likely N-dealkylation sites (tertiary alicyclic amines) is 1. The van der Waals surface area contributed by atoms with E-state index in [9.17, 15) is 34.8 Å². The first-order chi connectivity index (χ1) is 14.8. The quantitative estimate of drug-likeness (QED) is 0.579. The van der Waals surface area contributed by atoms with Gasteiger partial charge in [-0.3, -0.25) is 9.58 Å². The molecular weight excluding hydrogens is 490 g/mol. The lowest BCUT2D eigenvalue weighted by Crippen LogP contribution is -2.38. The molecule has 0 amide bonds. The van der Waals surface area contributed by atoms with Crippen molar-refractivity contribution in [3.8, 4) is 0 Å². The standard InChI is InChI=1S/C12H20N4O2S.2C2HF3O2/c1-14-8-10(7-13-14)9-15-5-3-12-11(15)4-6-16(12)19(2,17)18;2*3-2(4,5)1(6)7/h7-8,11-12H,3-6,9H2,1-2H3;2*(H,6,7)/t11-,12+;;/m1../s1. The Morgan fingerprint density at radius 3 is 1.85 bits per heavy atom. The number of carboxylic acid groups (broad SMARTS) is 2. The van der Waals surface area contributed by atoms with E-state index < -0.39 is 34.3 Å². The molecule has 1 aromatic heterocycles. The van der Waals surface area contributed by atoms with Crippen molar-refractivity contribution in [1.82, 2.24) is 19.0 Å². The van der Waals surface area contributed by atoms with Crippen LogP contribution >= 0.6 is 0 Å². The number of alkyl halides is 6. The summed E-state index contributed by atoms with van der Waals surface area (Å²) in [7, 11) is -1.14.